The van der Waals surface area contributed by atoms with E-state index in [1.165, 1.54) is 0 Å². The predicted octanol–water partition coefficient (Wildman–Crippen LogP) is 2.83. The van der Waals surface area contributed by atoms with Gasteiger partial charge in [0.2, 0.25) is 11.8 Å². The van der Waals surface area contributed by atoms with Gasteiger partial charge >= 0.3 is 0 Å². The third-order valence-electron chi connectivity index (χ3n) is 4.06. The van der Waals surface area contributed by atoms with Crippen LogP contribution in [-0.4, -0.2) is 23.7 Å². The molecule has 2 N–H and O–H groups in total. The fraction of sp³-hybridized carbons (Fsp3) is 0.200. The fourth-order valence-electron chi connectivity index (χ4n) is 2.62. The molecule has 27 heavy (non-hydrogen) atoms. The van der Waals surface area contributed by atoms with Crippen LogP contribution in [0.2, 0.25) is 0 Å². The van der Waals surface area contributed by atoms with Crippen LogP contribution in [0.5, 0.6) is 11.5 Å². The number of carbonyl (C=O) groups excluding carboxylic acids is 2. The predicted molar refractivity (Wildman–Crippen MR) is 103 cm³/mol. The molecule has 0 aromatic heterocycles. The Labute approximate surface area is 157 Å². The van der Waals surface area contributed by atoms with Crippen LogP contribution < -0.4 is 15.6 Å². The van der Waals surface area contributed by atoms with Crippen LogP contribution in [0, 0.1) is 5.92 Å². The molecule has 3 rings (SSSR count). The second kappa shape index (κ2) is 8.75. The van der Waals surface area contributed by atoms with E-state index in [0.717, 1.165) is 11.3 Å². The Morgan fingerprint density at radius 2 is 2.00 bits per heavy atom. The number of benzene rings is 2. The van der Waals surface area contributed by atoms with Crippen molar-refractivity contribution in [3.8, 4) is 11.5 Å². The number of ether oxygens (including phenoxy) is 1. The van der Waals surface area contributed by atoms with Crippen LogP contribution >= 0.6 is 0 Å². The highest BCUT2D eigenvalue weighted by molar-refractivity contribution is 6.07. The first-order chi connectivity index (χ1) is 13.1. The van der Waals surface area contributed by atoms with Crippen molar-refractivity contribution >= 4 is 23.7 Å². The van der Waals surface area contributed by atoms with Crippen molar-refractivity contribution in [2.75, 3.05) is 0 Å². The Morgan fingerprint density at radius 3 is 2.74 bits per heavy atom. The maximum absolute atomic E-state index is 11.9. The summed E-state index contributed by atoms with van der Waals surface area (Å²) in [5, 5.41) is 7.82. The van der Waals surface area contributed by atoms with E-state index in [0.29, 0.717) is 17.9 Å². The molecule has 0 radical (unpaired) electrons. The molecule has 1 atom stereocenters. The number of hydrogen-bond acceptors (Lipinski definition) is 5. The number of nitrogens with zero attached hydrogens (tertiary/aromatic N) is 2. The molecular weight excluding hydrogens is 344 g/mol. The molecule has 0 aliphatic carbocycles. The highest BCUT2D eigenvalue weighted by atomic mass is 16.5. The molecule has 2 amide bonds. The summed E-state index contributed by atoms with van der Waals surface area (Å²) in [6, 6.07) is 16.8. The van der Waals surface area contributed by atoms with E-state index in [1.807, 2.05) is 54.6 Å². The highest BCUT2D eigenvalue weighted by Gasteiger charge is 2.26. The lowest BCUT2D eigenvalue weighted by atomic mass is 9.99. The number of nitrogens with one attached hydrogen (secondary N) is 2. The van der Waals surface area contributed by atoms with Gasteiger partial charge < -0.3 is 4.74 Å². The quantitative estimate of drug-likeness (QED) is 0.584. The summed E-state index contributed by atoms with van der Waals surface area (Å²) in [6.07, 6.45) is 2.15. The molecule has 1 heterocycles. The standard InChI is InChI=1S/C20H20N4O3/c1-14-18(20(26)24-22-14)10-11-19(25)23-21-13-15-6-5-9-17(12-15)27-16-7-3-2-4-8-16/h2-9,12-13,18H,10-11H2,1H3,(H,23,25)(H,24,26). The first-order valence-corrected chi connectivity index (χ1v) is 8.61. The Kier molecular flexibility index (Phi) is 5.94. The Morgan fingerprint density at radius 1 is 1.22 bits per heavy atom. The average molecular weight is 364 g/mol. The lowest BCUT2D eigenvalue weighted by Crippen LogP contribution is -2.25. The molecule has 7 nitrogen and oxygen atoms in total. The molecule has 0 saturated carbocycles. The smallest absolute Gasteiger partial charge is 0.248 e. The fourth-order valence-corrected chi connectivity index (χ4v) is 2.62. The largest absolute Gasteiger partial charge is 0.457 e. The van der Waals surface area contributed by atoms with Crippen LogP contribution in [0.25, 0.3) is 0 Å². The van der Waals surface area contributed by atoms with Crippen LogP contribution in [0.4, 0.5) is 0 Å². The monoisotopic (exact) mass is 364 g/mol. The van der Waals surface area contributed by atoms with Crippen LogP contribution in [-0.2, 0) is 9.59 Å². The minimum atomic E-state index is -0.341. The van der Waals surface area contributed by atoms with Gasteiger partial charge in [-0.3, -0.25) is 9.59 Å². The van der Waals surface area contributed by atoms with Crippen LogP contribution in [0.15, 0.2) is 64.8 Å². The van der Waals surface area contributed by atoms with E-state index in [-0.39, 0.29) is 24.2 Å². The van der Waals surface area contributed by atoms with E-state index in [2.05, 4.69) is 21.1 Å². The molecule has 138 valence electrons. The topological polar surface area (TPSA) is 92.2 Å². The number of hydrogen-bond donors (Lipinski definition) is 2. The van der Waals surface area contributed by atoms with Crippen LogP contribution in [0.3, 0.4) is 0 Å². The van der Waals surface area contributed by atoms with E-state index in [9.17, 15) is 9.59 Å². The highest BCUT2D eigenvalue weighted by Crippen LogP contribution is 2.21. The molecule has 0 bridgehead atoms. The summed E-state index contributed by atoms with van der Waals surface area (Å²) in [5.74, 6) is 0.661. The van der Waals surface area contributed by atoms with Gasteiger partial charge in [0.05, 0.1) is 12.1 Å². The zero-order valence-corrected chi connectivity index (χ0v) is 14.9. The molecule has 0 saturated heterocycles. The number of amides is 2. The van der Waals surface area contributed by atoms with E-state index < -0.39 is 0 Å². The van der Waals surface area contributed by atoms with Crippen molar-refractivity contribution in [1.82, 2.24) is 10.9 Å². The van der Waals surface area contributed by atoms with Gasteiger partial charge in [0.25, 0.3) is 0 Å². The Hall–Kier alpha value is -3.48. The van der Waals surface area contributed by atoms with Crippen molar-refractivity contribution in [1.29, 1.82) is 0 Å². The van der Waals surface area contributed by atoms with Gasteiger partial charge in [0, 0.05) is 12.1 Å². The summed E-state index contributed by atoms with van der Waals surface area (Å²) < 4.78 is 5.76. The average Bonchev–Trinajstić information content (AvgIpc) is 2.99. The van der Waals surface area contributed by atoms with Gasteiger partial charge in [0.1, 0.15) is 11.5 Å². The Bertz CT molecular complexity index is 878. The molecule has 1 aliphatic heterocycles. The van der Waals surface area contributed by atoms with Crippen molar-refractivity contribution < 1.29 is 14.3 Å². The summed E-state index contributed by atoms with van der Waals surface area (Å²) in [6.45, 7) is 1.77. The summed E-state index contributed by atoms with van der Waals surface area (Å²) >= 11 is 0. The molecule has 1 aliphatic rings. The van der Waals surface area contributed by atoms with Gasteiger partial charge in [-0.05, 0) is 43.2 Å². The zero-order chi connectivity index (χ0) is 19.1. The normalized spacial score (nSPS) is 16.1. The second-order valence-electron chi connectivity index (χ2n) is 6.10. The molecule has 2 aromatic carbocycles. The van der Waals surface area contributed by atoms with E-state index in [1.54, 1.807) is 13.1 Å². The van der Waals surface area contributed by atoms with Gasteiger partial charge in [0.15, 0.2) is 0 Å². The summed E-state index contributed by atoms with van der Waals surface area (Å²) in [5.41, 5.74) is 6.37. The number of para-hydroxylation sites is 1. The van der Waals surface area contributed by atoms with E-state index in [4.69, 9.17) is 4.74 Å². The third-order valence-corrected chi connectivity index (χ3v) is 4.06. The summed E-state index contributed by atoms with van der Waals surface area (Å²) in [7, 11) is 0. The molecule has 0 fully saturated rings. The Balaban J connectivity index is 1.49. The first-order valence-electron chi connectivity index (χ1n) is 8.61. The number of hydrazone groups is 2. The molecule has 7 heteroatoms. The minimum Gasteiger partial charge on any atom is -0.457 e. The molecule has 2 aromatic rings. The van der Waals surface area contributed by atoms with Gasteiger partial charge in [-0.15, -0.1) is 0 Å². The van der Waals surface area contributed by atoms with E-state index >= 15 is 0 Å². The summed E-state index contributed by atoms with van der Waals surface area (Å²) in [4.78, 5) is 23.5. The SMILES string of the molecule is CC1=NNC(=O)C1CCC(=O)NN=Cc1cccc(Oc2ccccc2)c1. The molecule has 1 unspecified atom stereocenters. The van der Waals surface area contributed by atoms with Crippen LogP contribution in [0.1, 0.15) is 25.3 Å². The maximum atomic E-state index is 11.9. The molecular formula is C20H20N4O3. The van der Waals surface area contributed by atoms with Crippen molar-refractivity contribution in [3.05, 3.63) is 60.2 Å². The van der Waals surface area contributed by atoms with Crippen molar-refractivity contribution in [2.24, 2.45) is 16.1 Å². The lowest BCUT2D eigenvalue weighted by Gasteiger charge is -2.06. The van der Waals surface area contributed by atoms with Gasteiger partial charge in [-0.25, -0.2) is 10.9 Å². The minimum absolute atomic E-state index is 0.168. The van der Waals surface area contributed by atoms with Gasteiger partial charge in [-0.2, -0.15) is 10.2 Å². The second-order valence-corrected chi connectivity index (χ2v) is 6.10. The third kappa shape index (κ3) is 5.24. The first kappa shape index (κ1) is 18.3. The number of rotatable bonds is 7. The molecule has 0 spiro atoms. The number of carbonyl (C=O) groups is 2. The van der Waals surface area contributed by atoms with Crippen molar-refractivity contribution in [2.45, 2.75) is 19.8 Å². The van der Waals surface area contributed by atoms with Crippen molar-refractivity contribution in [3.63, 3.8) is 0 Å². The van der Waals surface area contributed by atoms with Gasteiger partial charge in [-0.1, -0.05) is 30.3 Å². The lowest BCUT2D eigenvalue weighted by molar-refractivity contribution is -0.123. The maximum Gasteiger partial charge on any atom is 0.248 e. The zero-order valence-electron chi connectivity index (χ0n) is 14.9.